The van der Waals surface area contributed by atoms with Crippen LogP contribution < -0.4 is 5.73 Å². The lowest BCUT2D eigenvalue weighted by Crippen LogP contribution is -2.02. The monoisotopic (exact) mass is 235 g/mol. The summed E-state index contributed by atoms with van der Waals surface area (Å²) in [4.78, 5) is 13.8. The molecule has 0 aliphatic heterocycles. The molecule has 0 aliphatic rings. The molecular formula is C11H10ClN3O. The molecule has 0 saturated carbocycles. The lowest BCUT2D eigenvalue weighted by atomic mass is 10.0. The highest BCUT2D eigenvalue weighted by Crippen LogP contribution is 2.31. The number of anilines is 1. The zero-order valence-corrected chi connectivity index (χ0v) is 9.11. The van der Waals surface area contributed by atoms with Crippen molar-refractivity contribution in [3.63, 3.8) is 0 Å². The Morgan fingerprint density at radius 3 is 2.81 bits per heavy atom. The number of benzene rings is 1. The molecular weight excluding hydrogens is 226 g/mol. The molecule has 1 aromatic heterocycles. The Hall–Kier alpha value is -1.81. The first-order valence-corrected chi connectivity index (χ1v) is 5.11. The maximum Gasteiger partial charge on any atom is 0.159 e. The van der Waals surface area contributed by atoms with E-state index >= 15 is 0 Å². The molecule has 0 fully saturated rings. The summed E-state index contributed by atoms with van der Waals surface area (Å²) in [6.07, 6.45) is 1.73. The van der Waals surface area contributed by atoms with Crippen molar-refractivity contribution >= 4 is 17.3 Å². The third-order valence-electron chi connectivity index (χ3n) is 2.37. The van der Waals surface area contributed by atoms with Crippen LogP contribution >= 0.6 is 11.6 Å². The van der Waals surface area contributed by atoms with Gasteiger partial charge < -0.3 is 10.7 Å². The number of halogens is 1. The van der Waals surface area contributed by atoms with Crippen LogP contribution in [0, 0.1) is 4.91 Å². The van der Waals surface area contributed by atoms with Gasteiger partial charge in [0.2, 0.25) is 0 Å². The average molecular weight is 236 g/mol. The van der Waals surface area contributed by atoms with Gasteiger partial charge in [0.1, 0.15) is 0 Å². The Bertz CT molecular complexity index is 496. The number of aromatic amines is 1. The SMILES string of the molecule is Nc1ccc(Cl)cc1C(N=O)c1ccc[nH]1. The van der Waals surface area contributed by atoms with Gasteiger partial charge in [-0.15, -0.1) is 4.91 Å². The van der Waals surface area contributed by atoms with Crippen LogP contribution in [0.25, 0.3) is 0 Å². The minimum Gasteiger partial charge on any atom is -0.398 e. The van der Waals surface area contributed by atoms with Crippen LogP contribution in [0.4, 0.5) is 5.69 Å². The van der Waals surface area contributed by atoms with E-state index in [2.05, 4.69) is 10.2 Å². The van der Waals surface area contributed by atoms with E-state index in [1.807, 2.05) is 0 Å². The van der Waals surface area contributed by atoms with Crippen molar-refractivity contribution in [3.8, 4) is 0 Å². The second kappa shape index (κ2) is 4.37. The van der Waals surface area contributed by atoms with E-state index < -0.39 is 6.04 Å². The van der Waals surface area contributed by atoms with Crippen molar-refractivity contribution in [2.24, 2.45) is 5.18 Å². The van der Waals surface area contributed by atoms with Gasteiger partial charge >= 0.3 is 0 Å². The van der Waals surface area contributed by atoms with Crippen LogP contribution in [0.5, 0.6) is 0 Å². The van der Waals surface area contributed by atoms with E-state index in [0.717, 1.165) is 0 Å². The Morgan fingerprint density at radius 1 is 1.38 bits per heavy atom. The summed E-state index contributed by atoms with van der Waals surface area (Å²) in [6.45, 7) is 0. The fraction of sp³-hybridized carbons (Fsp3) is 0.0909. The van der Waals surface area contributed by atoms with E-state index in [1.54, 1.807) is 36.5 Å². The number of aromatic nitrogens is 1. The molecule has 2 rings (SSSR count). The van der Waals surface area contributed by atoms with Gasteiger partial charge in [0.15, 0.2) is 6.04 Å². The van der Waals surface area contributed by atoms with Crippen LogP contribution in [-0.4, -0.2) is 4.98 Å². The molecule has 4 nitrogen and oxygen atoms in total. The second-order valence-electron chi connectivity index (χ2n) is 3.41. The number of nitrogens with zero attached hydrogens (tertiary/aromatic N) is 1. The van der Waals surface area contributed by atoms with Gasteiger partial charge in [0.25, 0.3) is 0 Å². The van der Waals surface area contributed by atoms with E-state index in [1.165, 1.54) is 0 Å². The molecule has 1 aromatic carbocycles. The Labute approximate surface area is 97.4 Å². The molecule has 0 bridgehead atoms. The zero-order chi connectivity index (χ0) is 11.5. The first kappa shape index (κ1) is 10.7. The average Bonchev–Trinajstić information content (AvgIpc) is 2.78. The van der Waals surface area contributed by atoms with Gasteiger partial charge in [-0.05, 0) is 30.3 Å². The number of nitroso groups, excluding NO2 is 1. The van der Waals surface area contributed by atoms with Crippen molar-refractivity contribution < 1.29 is 0 Å². The Morgan fingerprint density at radius 2 is 2.19 bits per heavy atom. The minimum absolute atomic E-state index is 0.503. The number of nitrogens with one attached hydrogen (secondary N) is 1. The molecule has 1 heterocycles. The van der Waals surface area contributed by atoms with Crippen LogP contribution in [0.15, 0.2) is 41.7 Å². The van der Waals surface area contributed by atoms with E-state index in [4.69, 9.17) is 17.3 Å². The maximum atomic E-state index is 10.9. The van der Waals surface area contributed by atoms with Crippen LogP contribution in [0.1, 0.15) is 17.3 Å². The smallest absolute Gasteiger partial charge is 0.159 e. The molecule has 3 N–H and O–H groups in total. The highest BCUT2D eigenvalue weighted by atomic mass is 35.5. The van der Waals surface area contributed by atoms with Crippen molar-refractivity contribution in [1.29, 1.82) is 0 Å². The number of rotatable bonds is 3. The highest BCUT2D eigenvalue weighted by Gasteiger charge is 2.18. The first-order chi connectivity index (χ1) is 7.72. The fourth-order valence-corrected chi connectivity index (χ4v) is 1.76. The maximum absolute atomic E-state index is 10.9. The highest BCUT2D eigenvalue weighted by molar-refractivity contribution is 6.30. The van der Waals surface area contributed by atoms with Crippen LogP contribution in [0.2, 0.25) is 5.02 Å². The number of hydrogen-bond acceptors (Lipinski definition) is 3. The molecule has 0 saturated heterocycles. The van der Waals surface area contributed by atoms with Crippen molar-refractivity contribution in [2.75, 3.05) is 5.73 Å². The lowest BCUT2D eigenvalue weighted by molar-refractivity contribution is 0.835. The molecule has 16 heavy (non-hydrogen) atoms. The summed E-state index contributed by atoms with van der Waals surface area (Å²) in [5.41, 5.74) is 7.62. The number of hydrogen-bond donors (Lipinski definition) is 2. The minimum atomic E-state index is -0.645. The van der Waals surface area contributed by atoms with Gasteiger partial charge in [-0.2, -0.15) is 0 Å². The molecule has 5 heteroatoms. The summed E-state index contributed by atoms with van der Waals surface area (Å²) in [5.74, 6) is 0. The van der Waals surface area contributed by atoms with Gasteiger partial charge in [0, 0.05) is 28.2 Å². The van der Waals surface area contributed by atoms with Gasteiger partial charge in [-0.25, -0.2) is 0 Å². The normalized spacial score (nSPS) is 12.3. The predicted molar refractivity (Wildman–Crippen MR) is 64.3 cm³/mol. The Kier molecular flexibility index (Phi) is 2.92. The largest absolute Gasteiger partial charge is 0.398 e. The molecule has 0 aliphatic carbocycles. The quantitative estimate of drug-likeness (QED) is 0.634. The molecule has 0 radical (unpaired) electrons. The second-order valence-corrected chi connectivity index (χ2v) is 3.84. The van der Waals surface area contributed by atoms with Crippen LogP contribution in [0.3, 0.4) is 0 Å². The topological polar surface area (TPSA) is 71.2 Å². The predicted octanol–water partition coefficient (Wildman–Crippen LogP) is 3.11. The lowest BCUT2D eigenvalue weighted by Gasteiger charge is -2.11. The number of nitrogens with two attached hydrogens (primary N) is 1. The van der Waals surface area contributed by atoms with Gasteiger partial charge in [0.05, 0.1) is 0 Å². The van der Waals surface area contributed by atoms with Gasteiger partial charge in [-0.3, -0.25) is 0 Å². The molecule has 1 unspecified atom stereocenters. The van der Waals surface area contributed by atoms with Crippen molar-refractivity contribution in [3.05, 3.63) is 57.7 Å². The van der Waals surface area contributed by atoms with Crippen molar-refractivity contribution in [2.45, 2.75) is 6.04 Å². The summed E-state index contributed by atoms with van der Waals surface area (Å²) in [6, 6.07) is 7.94. The standard InChI is InChI=1S/C11H10ClN3O/c12-7-3-4-9(13)8(6-7)11(15-16)10-2-1-5-14-10/h1-6,11,14H,13H2. The summed E-state index contributed by atoms with van der Waals surface area (Å²) < 4.78 is 0. The zero-order valence-electron chi connectivity index (χ0n) is 8.35. The van der Waals surface area contributed by atoms with E-state index in [0.29, 0.717) is 22.0 Å². The molecule has 0 amide bonds. The number of H-pyrrole nitrogens is 1. The first-order valence-electron chi connectivity index (χ1n) is 4.73. The molecule has 1 atom stereocenters. The Balaban J connectivity index is 2.48. The summed E-state index contributed by atoms with van der Waals surface area (Å²) in [7, 11) is 0. The van der Waals surface area contributed by atoms with Gasteiger partial charge in [-0.1, -0.05) is 16.8 Å². The summed E-state index contributed by atoms with van der Waals surface area (Å²) >= 11 is 5.87. The third-order valence-corrected chi connectivity index (χ3v) is 2.60. The fourth-order valence-electron chi connectivity index (χ4n) is 1.58. The van der Waals surface area contributed by atoms with Crippen molar-refractivity contribution in [1.82, 2.24) is 4.98 Å². The summed E-state index contributed by atoms with van der Waals surface area (Å²) in [5, 5.41) is 3.61. The van der Waals surface area contributed by atoms with Crippen LogP contribution in [-0.2, 0) is 0 Å². The third kappa shape index (κ3) is 1.92. The van der Waals surface area contributed by atoms with E-state index in [9.17, 15) is 4.91 Å². The number of nitrogen functional groups attached to an aromatic ring is 1. The molecule has 82 valence electrons. The van der Waals surface area contributed by atoms with E-state index in [-0.39, 0.29) is 0 Å². The molecule has 0 spiro atoms. The molecule has 2 aromatic rings.